The second kappa shape index (κ2) is 30.0. The first-order chi connectivity index (χ1) is 25.0. The third kappa shape index (κ3) is 25.4. The molecule has 0 aromatic heterocycles. The summed E-state index contributed by atoms with van der Waals surface area (Å²) in [5.74, 6) is -0.411. The van der Waals surface area contributed by atoms with Gasteiger partial charge in [-0.2, -0.15) is 4.89 Å². The molecule has 0 radical (unpaired) electrons. The Bertz CT molecular complexity index is 1220. The van der Waals surface area contributed by atoms with Gasteiger partial charge in [-0.25, -0.2) is 0 Å². The van der Waals surface area contributed by atoms with Crippen molar-refractivity contribution in [1.82, 2.24) is 16.0 Å². The average Bonchev–Trinajstić information content (AvgIpc) is 3.09. The summed E-state index contributed by atoms with van der Waals surface area (Å²) in [6.07, 6.45) is 20.4. The fraction of sp³-hybridized carbons (Fsp3) is 0.625. The summed E-state index contributed by atoms with van der Waals surface area (Å²) in [6, 6.07) is 0. The number of hydrogen-bond acceptors (Lipinski definition) is 9. The number of amides is 3. The average molecular weight is 732 g/mol. The van der Waals surface area contributed by atoms with Crippen LogP contribution in [0.1, 0.15) is 86.5 Å². The molecule has 0 aromatic carbocycles. The van der Waals surface area contributed by atoms with Crippen LogP contribution < -0.4 is 16.0 Å². The summed E-state index contributed by atoms with van der Waals surface area (Å²) in [7, 11) is 0. The number of carbonyl (C=O) groups is 3. The molecule has 0 aliphatic heterocycles. The third-order valence-electron chi connectivity index (χ3n) is 7.95. The van der Waals surface area contributed by atoms with Gasteiger partial charge in [-0.15, -0.1) is 0 Å². The maximum absolute atomic E-state index is 12.2. The molecule has 3 amide bonds. The van der Waals surface area contributed by atoms with Crippen molar-refractivity contribution < 1.29 is 43.1 Å². The predicted octanol–water partition coefficient (Wildman–Crippen LogP) is 5.93. The largest absolute Gasteiger partial charge is 0.380 e. The Morgan fingerprint density at radius 1 is 0.808 bits per heavy atom. The highest BCUT2D eigenvalue weighted by atomic mass is 17.2. The second-order valence-electron chi connectivity index (χ2n) is 13.1. The van der Waals surface area contributed by atoms with E-state index in [1.54, 1.807) is 12.2 Å². The highest BCUT2D eigenvalue weighted by Gasteiger charge is 2.26. The Kier molecular flexibility index (Phi) is 26.8. The van der Waals surface area contributed by atoms with Gasteiger partial charge in [0.25, 0.3) is 0 Å². The molecule has 1 aliphatic rings. The zero-order valence-electron chi connectivity index (χ0n) is 32.5. The van der Waals surface area contributed by atoms with Crippen LogP contribution in [0.2, 0.25) is 0 Å². The molecular weight excluding hydrogens is 666 g/mol. The first-order valence-electron chi connectivity index (χ1n) is 18.5. The standard InChI is InChI=1S/C40H65N3O9/c1-7-47-32-50-25-11-22-42-38(45)19-28-49-27-18-37(44)41-21-10-24-48-29-30-52-51-26-12-23-43-39(46)31-34(3)14-8-13-33(2)16-17-36-35(4)15-9-20-40(36,5)6/h8,12-14,16-17,26,31H,7,9-11,15,18-25,27-30,32H2,1-6H3,(H,41,44)(H,42,45)(H,43,46)/b14-8+,17-16+,26-12-,33-13+,34-31+. The van der Waals surface area contributed by atoms with Crippen molar-refractivity contribution in [2.75, 3.05) is 72.7 Å². The number of hydrogen-bond donors (Lipinski definition) is 3. The quantitative estimate of drug-likeness (QED) is 0.0162. The Morgan fingerprint density at radius 2 is 1.48 bits per heavy atom. The minimum Gasteiger partial charge on any atom is -0.380 e. The van der Waals surface area contributed by atoms with E-state index in [0.717, 1.165) is 11.1 Å². The van der Waals surface area contributed by atoms with Crippen LogP contribution in [0.3, 0.4) is 0 Å². The molecule has 0 heterocycles. The molecule has 0 fully saturated rings. The molecule has 0 bridgehead atoms. The predicted molar refractivity (Wildman–Crippen MR) is 204 cm³/mol. The number of ether oxygens (including phenoxy) is 4. The molecular formula is C40H65N3O9. The summed E-state index contributed by atoms with van der Waals surface area (Å²) < 4.78 is 21.1. The van der Waals surface area contributed by atoms with Crippen molar-refractivity contribution in [2.45, 2.75) is 86.5 Å². The SMILES string of the molecule is CCOCOCCCNC(=O)CCOCCC(=O)NCCCOCCOO/C=C\CNC(=O)/C=C(C)/C=C/C=C(C)/C=C/C1=C(C)CCCC1(C)C. The van der Waals surface area contributed by atoms with Gasteiger partial charge in [0.1, 0.15) is 19.7 Å². The molecule has 1 aliphatic carbocycles. The number of carbonyl (C=O) groups excluding carboxylic acids is 3. The minimum atomic E-state index is -0.197. The highest BCUT2D eigenvalue weighted by molar-refractivity contribution is 5.88. The van der Waals surface area contributed by atoms with Gasteiger partial charge in [0, 0.05) is 51.8 Å². The molecule has 0 saturated heterocycles. The molecule has 0 unspecified atom stereocenters. The molecule has 0 aromatic rings. The van der Waals surface area contributed by atoms with Gasteiger partial charge in [0.05, 0.1) is 26.4 Å². The monoisotopic (exact) mass is 731 g/mol. The van der Waals surface area contributed by atoms with E-state index in [4.69, 9.17) is 28.7 Å². The van der Waals surface area contributed by atoms with Gasteiger partial charge in [0.2, 0.25) is 17.7 Å². The van der Waals surface area contributed by atoms with E-state index in [2.05, 4.69) is 55.8 Å². The van der Waals surface area contributed by atoms with Gasteiger partial charge in [0.15, 0.2) is 0 Å². The molecule has 12 heteroatoms. The topological polar surface area (TPSA) is 143 Å². The van der Waals surface area contributed by atoms with E-state index < -0.39 is 0 Å². The molecule has 0 spiro atoms. The van der Waals surface area contributed by atoms with Crippen LogP contribution in [0.15, 0.2) is 71.1 Å². The van der Waals surface area contributed by atoms with Gasteiger partial charge >= 0.3 is 0 Å². The lowest BCUT2D eigenvalue weighted by Gasteiger charge is -2.32. The summed E-state index contributed by atoms with van der Waals surface area (Å²) in [6.45, 7) is 17.0. The fourth-order valence-electron chi connectivity index (χ4n) is 5.08. The van der Waals surface area contributed by atoms with Crippen LogP contribution in [-0.4, -0.2) is 90.4 Å². The van der Waals surface area contributed by atoms with Gasteiger partial charge in [-0.05, 0) is 82.4 Å². The van der Waals surface area contributed by atoms with Crippen molar-refractivity contribution in [3.8, 4) is 0 Å². The molecule has 294 valence electrons. The molecule has 0 saturated carbocycles. The first-order valence-corrected chi connectivity index (χ1v) is 18.5. The van der Waals surface area contributed by atoms with E-state index in [0.29, 0.717) is 58.9 Å². The second-order valence-corrected chi connectivity index (χ2v) is 13.1. The van der Waals surface area contributed by atoms with Gasteiger partial charge < -0.3 is 39.8 Å². The molecule has 52 heavy (non-hydrogen) atoms. The smallest absolute Gasteiger partial charge is 0.244 e. The van der Waals surface area contributed by atoms with Crippen molar-refractivity contribution in [1.29, 1.82) is 0 Å². The molecule has 0 atom stereocenters. The Labute approximate surface area is 312 Å². The Hall–Kier alpha value is -3.55. The third-order valence-corrected chi connectivity index (χ3v) is 7.95. The lowest BCUT2D eigenvalue weighted by molar-refractivity contribution is -0.255. The molecule has 1 rings (SSSR count). The van der Waals surface area contributed by atoms with Crippen LogP contribution in [0.25, 0.3) is 0 Å². The van der Waals surface area contributed by atoms with E-state index in [-0.39, 0.29) is 62.6 Å². The van der Waals surface area contributed by atoms with Crippen LogP contribution in [0, 0.1) is 5.41 Å². The first kappa shape index (κ1) is 46.5. The summed E-state index contributed by atoms with van der Waals surface area (Å²) >= 11 is 0. The Morgan fingerprint density at radius 3 is 2.15 bits per heavy atom. The number of allylic oxidation sites excluding steroid dienone is 9. The Balaban J connectivity index is 2.00. The number of nitrogens with one attached hydrogen (secondary N) is 3. The van der Waals surface area contributed by atoms with Crippen molar-refractivity contribution in [2.24, 2.45) is 5.41 Å². The lowest BCUT2D eigenvalue weighted by atomic mass is 9.72. The highest BCUT2D eigenvalue weighted by Crippen LogP contribution is 2.40. The maximum Gasteiger partial charge on any atom is 0.244 e. The summed E-state index contributed by atoms with van der Waals surface area (Å²) in [5, 5.41) is 8.37. The van der Waals surface area contributed by atoms with Crippen LogP contribution in [0.4, 0.5) is 0 Å². The van der Waals surface area contributed by atoms with Gasteiger partial charge in [-0.1, -0.05) is 55.4 Å². The van der Waals surface area contributed by atoms with Crippen LogP contribution >= 0.6 is 0 Å². The van der Waals surface area contributed by atoms with E-state index in [1.807, 2.05) is 32.1 Å². The van der Waals surface area contributed by atoms with E-state index in [1.165, 1.54) is 36.7 Å². The molecule has 3 N–H and O–H groups in total. The fourth-order valence-corrected chi connectivity index (χ4v) is 5.08. The van der Waals surface area contributed by atoms with Crippen LogP contribution in [0.5, 0.6) is 0 Å². The lowest BCUT2D eigenvalue weighted by Crippen LogP contribution is -2.27. The summed E-state index contributed by atoms with van der Waals surface area (Å²) in [4.78, 5) is 45.8. The van der Waals surface area contributed by atoms with Crippen molar-refractivity contribution >= 4 is 17.7 Å². The minimum absolute atomic E-state index is 0.0964. The van der Waals surface area contributed by atoms with Gasteiger partial charge in [-0.3, -0.25) is 14.4 Å². The normalized spacial score (nSPS) is 15.2. The van der Waals surface area contributed by atoms with Crippen molar-refractivity contribution in [3.63, 3.8) is 0 Å². The number of rotatable bonds is 29. The van der Waals surface area contributed by atoms with E-state index >= 15 is 0 Å². The molecule has 12 nitrogen and oxygen atoms in total. The zero-order chi connectivity index (χ0) is 38.3. The zero-order valence-corrected chi connectivity index (χ0v) is 32.5. The maximum atomic E-state index is 12.2. The van der Waals surface area contributed by atoms with Crippen LogP contribution in [-0.2, 0) is 43.1 Å². The summed E-state index contributed by atoms with van der Waals surface area (Å²) in [5.41, 5.74) is 5.14. The van der Waals surface area contributed by atoms with E-state index in [9.17, 15) is 14.4 Å². The van der Waals surface area contributed by atoms with Crippen molar-refractivity contribution in [3.05, 3.63) is 71.1 Å².